The number of hydrogen-bond acceptors (Lipinski definition) is 7. The molecule has 2 aliphatic heterocycles. The summed E-state index contributed by atoms with van der Waals surface area (Å²) in [4.78, 5) is 40.1. The minimum atomic E-state index is -3.61. The van der Waals surface area contributed by atoms with E-state index >= 15 is 0 Å². The number of carbonyl (C=O) groups excluding carboxylic acids is 3. The molecule has 4 N–H and O–H groups in total. The Morgan fingerprint density at radius 3 is 2.45 bits per heavy atom. The van der Waals surface area contributed by atoms with Crippen LogP contribution in [0.1, 0.15) is 62.3 Å². The smallest absolute Gasteiger partial charge is 0.322 e. The molecule has 0 saturated carbocycles. The van der Waals surface area contributed by atoms with Crippen LogP contribution in [0.4, 0.5) is 4.79 Å². The molecular weight excluding hydrogens is 560 g/mol. The van der Waals surface area contributed by atoms with Crippen LogP contribution in [0.2, 0.25) is 0 Å². The molecule has 12 heteroatoms. The van der Waals surface area contributed by atoms with E-state index in [1.807, 2.05) is 39.0 Å². The molecule has 4 rings (SSSR count). The summed E-state index contributed by atoms with van der Waals surface area (Å²) in [7, 11) is -2.04. The molecule has 1 fully saturated rings. The van der Waals surface area contributed by atoms with Gasteiger partial charge in [-0.15, -0.1) is 12.8 Å². The lowest BCUT2D eigenvalue weighted by molar-refractivity contribution is -0.135. The molecule has 1 aromatic carbocycles. The number of amides is 4. The number of sulfonamides is 1. The first-order valence-corrected chi connectivity index (χ1v) is 15.3. The third-order valence-corrected chi connectivity index (χ3v) is 7.67. The average molecular weight is 601 g/mol. The number of urea groups is 1. The summed E-state index contributed by atoms with van der Waals surface area (Å²) < 4.78 is 34.0. The van der Waals surface area contributed by atoms with Gasteiger partial charge in [-0.3, -0.25) is 14.9 Å². The van der Waals surface area contributed by atoms with Crippen molar-refractivity contribution in [1.82, 2.24) is 15.5 Å². The highest BCUT2D eigenvalue weighted by molar-refractivity contribution is 7.89. The van der Waals surface area contributed by atoms with E-state index in [4.69, 9.17) is 14.3 Å². The van der Waals surface area contributed by atoms with Gasteiger partial charge < -0.3 is 19.4 Å². The first-order valence-electron chi connectivity index (χ1n) is 13.6. The summed E-state index contributed by atoms with van der Waals surface area (Å²) in [5.41, 5.74) is 1.67. The number of allylic oxidation sites excluding steroid dienone is 1. The number of primary sulfonamides is 1. The van der Waals surface area contributed by atoms with E-state index in [-0.39, 0.29) is 36.9 Å². The molecule has 4 amide bonds. The predicted molar refractivity (Wildman–Crippen MR) is 160 cm³/mol. The van der Waals surface area contributed by atoms with Gasteiger partial charge in [0.1, 0.15) is 17.3 Å². The molecule has 228 valence electrons. The van der Waals surface area contributed by atoms with Crippen LogP contribution in [0.25, 0.3) is 0 Å². The van der Waals surface area contributed by atoms with Crippen LogP contribution in [0.3, 0.4) is 0 Å². The zero-order valence-corrected chi connectivity index (χ0v) is 25.6. The number of benzene rings is 1. The van der Waals surface area contributed by atoms with E-state index in [1.54, 1.807) is 31.1 Å². The Bertz CT molecular complexity index is 1460. The van der Waals surface area contributed by atoms with Crippen molar-refractivity contribution in [1.29, 1.82) is 0 Å². The Kier molecular flexibility index (Phi) is 11.9. The summed E-state index contributed by atoms with van der Waals surface area (Å²) >= 11 is 0. The number of nitrogens with one attached hydrogen (secondary N) is 2. The fourth-order valence-corrected chi connectivity index (χ4v) is 5.69. The van der Waals surface area contributed by atoms with Crippen LogP contribution in [0.15, 0.2) is 40.3 Å². The average Bonchev–Trinajstić information content (AvgIpc) is 3.50. The van der Waals surface area contributed by atoms with Crippen LogP contribution in [0.5, 0.6) is 5.75 Å². The van der Waals surface area contributed by atoms with Crippen LogP contribution in [-0.4, -0.2) is 50.6 Å². The molecule has 11 nitrogen and oxygen atoms in total. The van der Waals surface area contributed by atoms with E-state index in [9.17, 15) is 22.8 Å². The second-order valence-electron chi connectivity index (χ2n) is 9.68. The quantitative estimate of drug-likeness (QED) is 0.215. The van der Waals surface area contributed by atoms with Gasteiger partial charge in [0.05, 0.1) is 25.8 Å². The van der Waals surface area contributed by atoms with Crippen molar-refractivity contribution < 1.29 is 32.0 Å². The zero-order valence-electron chi connectivity index (χ0n) is 24.8. The summed E-state index contributed by atoms with van der Waals surface area (Å²) in [5, 5.41) is 10.1. The second kappa shape index (κ2) is 14.7. The lowest BCUT2D eigenvalue weighted by atomic mass is 9.92. The van der Waals surface area contributed by atoms with Gasteiger partial charge in [-0.05, 0) is 54.7 Å². The Labute approximate surface area is 247 Å². The molecule has 0 bridgehead atoms. The van der Waals surface area contributed by atoms with Crippen LogP contribution < -0.4 is 20.5 Å². The largest absolute Gasteiger partial charge is 0.497 e. The van der Waals surface area contributed by atoms with Crippen LogP contribution >= 0.6 is 0 Å². The minimum Gasteiger partial charge on any atom is -0.497 e. The SMILES string of the molecule is C#C.CC.CCc1oc([C@]2(CN3Cc4ccc(OC)cc4CC3=O)NC(=O)NC2=O)cc1CC/C=C(/C)CS(N)(=O)=O. The fraction of sp³-hybridized carbons (Fsp3) is 0.433. The van der Waals surface area contributed by atoms with Crippen molar-refractivity contribution in [2.24, 2.45) is 5.14 Å². The standard InChI is InChI=1S/C26H32N4O7S.C2H6.C2H2/c1-4-21-17(7-5-6-16(2)14-38(27,34)35)11-22(37-21)26(24(32)28-25(33)29-26)15-30-13-18-8-9-20(36-3)10-19(18)12-23(30)31;2*1-2/h6,8-11H,4-5,7,12-15H2,1-3H3,(H2,27,34,35)(H2,28,29,32,33);1-2H3;1-2H/b16-6-;;/t26-;;/m0../s1. The number of rotatable bonds is 10. The Morgan fingerprint density at radius 2 is 1.88 bits per heavy atom. The molecule has 1 saturated heterocycles. The zero-order chi connectivity index (χ0) is 31.7. The summed E-state index contributed by atoms with van der Waals surface area (Å²) in [6, 6.07) is 6.61. The maximum atomic E-state index is 13.2. The van der Waals surface area contributed by atoms with Crippen LogP contribution in [-0.2, 0) is 51.0 Å². The van der Waals surface area contributed by atoms with E-state index < -0.39 is 27.5 Å². The van der Waals surface area contributed by atoms with Crippen molar-refractivity contribution in [3.8, 4) is 18.6 Å². The monoisotopic (exact) mass is 600 g/mol. The van der Waals surface area contributed by atoms with Gasteiger partial charge >= 0.3 is 6.03 Å². The lowest BCUT2D eigenvalue weighted by Crippen LogP contribution is -2.54. The van der Waals surface area contributed by atoms with Gasteiger partial charge in [0.25, 0.3) is 5.91 Å². The van der Waals surface area contributed by atoms with Crippen molar-refractivity contribution in [3.63, 3.8) is 0 Å². The van der Waals surface area contributed by atoms with Crippen LogP contribution in [0, 0.1) is 12.8 Å². The number of methoxy groups -OCH3 is 1. The number of ether oxygens (including phenoxy) is 1. The third kappa shape index (κ3) is 8.02. The van der Waals surface area contributed by atoms with Crippen molar-refractivity contribution in [3.05, 3.63) is 64.1 Å². The van der Waals surface area contributed by atoms with Gasteiger partial charge in [-0.25, -0.2) is 18.4 Å². The number of hydrogen-bond donors (Lipinski definition) is 3. The van der Waals surface area contributed by atoms with E-state index in [1.165, 1.54) is 0 Å². The Balaban J connectivity index is 0.00000148. The summed E-state index contributed by atoms with van der Waals surface area (Å²) in [5.74, 6) is 0.548. The summed E-state index contributed by atoms with van der Waals surface area (Å²) in [6.45, 7) is 7.78. The molecule has 0 aliphatic carbocycles. The molecule has 3 heterocycles. The van der Waals surface area contributed by atoms with Gasteiger partial charge in [-0.2, -0.15) is 0 Å². The van der Waals surface area contributed by atoms with Gasteiger partial charge in [-0.1, -0.05) is 38.5 Å². The Hall–Kier alpha value is -4.08. The highest BCUT2D eigenvalue weighted by Gasteiger charge is 2.52. The Morgan fingerprint density at radius 1 is 1.19 bits per heavy atom. The first kappa shape index (κ1) is 34.1. The number of aryl methyl sites for hydroxylation is 2. The number of imide groups is 1. The van der Waals surface area contributed by atoms with Crippen molar-refractivity contribution in [2.75, 3.05) is 19.4 Å². The molecule has 2 aliphatic rings. The van der Waals surface area contributed by atoms with E-state index in [2.05, 4.69) is 23.5 Å². The normalized spacial score (nSPS) is 18.1. The summed E-state index contributed by atoms with van der Waals surface area (Å²) in [6.07, 6.45) is 11.5. The molecule has 2 aromatic rings. The number of furan rings is 1. The minimum absolute atomic E-state index is 0.0989. The topological polar surface area (TPSA) is 161 Å². The molecule has 1 atom stereocenters. The second-order valence-corrected chi connectivity index (χ2v) is 11.3. The van der Waals surface area contributed by atoms with Gasteiger partial charge in [0.15, 0.2) is 5.54 Å². The molecule has 0 radical (unpaired) electrons. The number of nitrogens with zero attached hydrogens (tertiary/aromatic N) is 1. The van der Waals surface area contributed by atoms with Gasteiger partial charge in [0.2, 0.25) is 15.9 Å². The van der Waals surface area contributed by atoms with Crippen molar-refractivity contribution >= 4 is 27.9 Å². The van der Waals surface area contributed by atoms with Crippen molar-refractivity contribution in [2.45, 2.75) is 65.5 Å². The fourth-order valence-electron chi connectivity index (χ4n) is 4.94. The third-order valence-electron chi connectivity index (χ3n) is 6.81. The number of terminal acetylenes is 1. The molecule has 0 unspecified atom stereocenters. The maximum Gasteiger partial charge on any atom is 0.322 e. The lowest BCUT2D eigenvalue weighted by Gasteiger charge is -2.35. The highest BCUT2D eigenvalue weighted by Crippen LogP contribution is 2.33. The van der Waals surface area contributed by atoms with E-state index in [0.29, 0.717) is 36.3 Å². The predicted octanol–water partition coefficient (Wildman–Crippen LogP) is 2.91. The number of nitrogens with two attached hydrogens (primary N) is 1. The highest BCUT2D eigenvalue weighted by atomic mass is 32.2. The number of fused-ring (bicyclic) bond motifs is 1. The molecule has 0 spiro atoms. The number of carbonyl (C=O) groups is 3. The molecule has 1 aromatic heterocycles. The molecule has 42 heavy (non-hydrogen) atoms. The maximum absolute atomic E-state index is 13.2. The molecular formula is C30H40N4O7S. The van der Waals surface area contributed by atoms with E-state index in [0.717, 1.165) is 16.7 Å². The first-order chi connectivity index (χ1) is 19.9. The van der Waals surface area contributed by atoms with Gasteiger partial charge in [0, 0.05) is 13.0 Å².